The van der Waals surface area contributed by atoms with Crippen LogP contribution < -0.4 is 15.0 Å². The molecule has 0 radical (unpaired) electrons. The van der Waals surface area contributed by atoms with E-state index in [9.17, 15) is 4.79 Å². The number of ether oxygens (including phenoxy) is 2. The smallest absolute Gasteiger partial charge is 0.337 e. The first-order valence-electron chi connectivity index (χ1n) is 13.3. The standard InChI is InChI=1S/C31H30N4O3S/c1-37-30(36)21-8-6-9-23(20-21)34-19-7-13-27(34)29-28(26-12-4-5-18-32-26)33-31(39)35(29)22-14-16-25(17-15-22)38-24-10-2-3-11-24/h4-9,12-20,24,28-29H,2-3,10-11H2,1H3,(H,33,39)/t28-,29-/m1/s1. The number of benzene rings is 2. The number of anilines is 1. The molecule has 7 nitrogen and oxygen atoms in total. The van der Waals surface area contributed by atoms with Gasteiger partial charge in [0.25, 0.3) is 0 Å². The summed E-state index contributed by atoms with van der Waals surface area (Å²) in [5.41, 5.74) is 4.21. The molecule has 1 saturated carbocycles. The summed E-state index contributed by atoms with van der Waals surface area (Å²) in [4.78, 5) is 19.1. The molecule has 1 aliphatic heterocycles. The van der Waals surface area contributed by atoms with Crippen molar-refractivity contribution in [3.05, 3.63) is 108 Å². The number of hydrogen-bond donors (Lipinski definition) is 1. The Hall–Kier alpha value is -4.17. The number of aromatic nitrogens is 2. The summed E-state index contributed by atoms with van der Waals surface area (Å²) in [5.74, 6) is 0.506. The maximum absolute atomic E-state index is 12.2. The van der Waals surface area contributed by atoms with Gasteiger partial charge in [-0.05, 0) is 105 Å². The first-order chi connectivity index (χ1) is 19.1. The molecule has 198 valence electrons. The van der Waals surface area contributed by atoms with Crippen LogP contribution in [0.5, 0.6) is 5.75 Å². The molecule has 8 heteroatoms. The van der Waals surface area contributed by atoms with Crippen LogP contribution in [0.2, 0.25) is 0 Å². The highest BCUT2D eigenvalue weighted by atomic mass is 32.1. The third-order valence-corrected chi connectivity index (χ3v) is 7.76. The van der Waals surface area contributed by atoms with E-state index in [2.05, 4.69) is 38.0 Å². The Kier molecular flexibility index (Phi) is 7.02. The van der Waals surface area contributed by atoms with Gasteiger partial charge in [-0.15, -0.1) is 0 Å². The van der Waals surface area contributed by atoms with Crippen LogP contribution in [-0.2, 0) is 4.74 Å². The first kappa shape index (κ1) is 25.1. The van der Waals surface area contributed by atoms with Gasteiger partial charge in [-0.2, -0.15) is 0 Å². The Morgan fingerprint density at radius 2 is 1.79 bits per heavy atom. The van der Waals surface area contributed by atoms with Crippen molar-refractivity contribution in [2.45, 2.75) is 43.9 Å². The van der Waals surface area contributed by atoms with Crippen molar-refractivity contribution < 1.29 is 14.3 Å². The monoisotopic (exact) mass is 538 g/mol. The summed E-state index contributed by atoms with van der Waals surface area (Å²) in [5, 5.41) is 4.15. The Morgan fingerprint density at radius 1 is 0.974 bits per heavy atom. The lowest BCUT2D eigenvalue weighted by molar-refractivity contribution is 0.0600. The van der Waals surface area contributed by atoms with Crippen LogP contribution in [0.1, 0.15) is 59.5 Å². The van der Waals surface area contributed by atoms with E-state index in [4.69, 9.17) is 21.7 Å². The number of methoxy groups -OCH3 is 1. The van der Waals surface area contributed by atoms with Gasteiger partial charge in [0.05, 0.1) is 30.5 Å². The molecular weight excluding hydrogens is 508 g/mol. The molecule has 2 aromatic carbocycles. The van der Waals surface area contributed by atoms with E-state index in [0.29, 0.717) is 16.8 Å². The minimum Gasteiger partial charge on any atom is -0.490 e. The third kappa shape index (κ3) is 5.00. The van der Waals surface area contributed by atoms with Crippen LogP contribution in [0.25, 0.3) is 5.69 Å². The van der Waals surface area contributed by atoms with Gasteiger partial charge in [0.2, 0.25) is 0 Å². The highest BCUT2D eigenvalue weighted by Crippen LogP contribution is 2.42. The molecule has 1 aliphatic carbocycles. The minimum absolute atomic E-state index is 0.189. The largest absolute Gasteiger partial charge is 0.490 e. The Bertz CT molecular complexity index is 1460. The molecule has 0 unspecified atom stereocenters. The second-order valence-electron chi connectivity index (χ2n) is 9.86. The van der Waals surface area contributed by atoms with Crippen LogP contribution in [0, 0.1) is 0 Å². The summed E-state index contributed by atoms with van der Waals surface area (Å²) >= 11 is 5.92. The van der Waals surface area contributed by atoms with Gasteiger partial charge >= 0.3 is 5.97 Å². The summed E-state index contributed by atoms with van der Waals surface area (Å²) in [7, 11) is 1.39. The molecule has 39 heavy (non-hydrogen) atoms. The van der Waals surface area contributed by atoms with E-state index in [-0.39, 0.29) is 18.1 Å². The minimum atomic E-state index is -0.373. The molecule has 2 aromatic heterocycles. The van der Waals surface area contributed by atoms with Crippen molar-refractivity contribution >= 4 is 29.0 Å². The lowest BCUT2D eigenvalue weighted by atomic mass is 10.0. The van der Waals surface area contributed by atoms with Crippen LogP contribution >= 0.6 is 12.2 Å². The number of thiocarbonyl (C=S) groups is 1. The topological polar surface area (TPSA) is 68.6 Å². The van der Waals surface area contributed by atoms with Crippen molar-refractivity contribution in [2.75, 3.05) is 12.0 Å². The molecule has 0 spiro atoms. The van der Waals surface area contributed by atoms with Gasteiger partial charge in [-0.1, -0.05) is 12.1 Å². The van der Waals surface area contributed by atoms with Gasteiger partial charge in [-0.25, -0.2) is 4.79 Å². The van der Waals surface area contributed by atoms with Gasteiger partial charge in [-0.3, -0.25) is 4.98 Å². The van der Waals surface area contributed by atoms with E-state index in [1.807, 2.05) is 60.8 Å². The molecule has 2 aliphatic rings. The second-order valence-corrected chi connectivity index (χ2v) is 10.2. The summed E-state index contributed by atoms with van der Waals surface area (Å²) < 4.78 is 13.2. The molecule has 0 amide bonds. The number of carbonyl (C=O) groups excluding carboxylic acids is 1. The molecule has 2 atom stereocenters. The fourth-order valence-electron chi connectivity index (χ4n) is 5.59. The number of carbonyl (C=O) groups is 1. The zero-order valence-corrected chi connectivity index (χ0v) is 22.5. The van der Waals surface area contributed by atoms with Gasteiger partial charge in [0, 0.05) is 29.5 Å². The number of rotatable bonds is 7. The van der Waals surface area contributed by atoms with Crippen LogP contribution in [0.4, 0.5) is 5.69 Å². The van der Waals surface area contributed by atoms with Gasteiger partial charge < -0.3 is 24.3 Å². The lowest BCUT2D eigenvalue weighted by Gasteiger charge is -2.29. The van der Waals surface area contributed by atoms with Crippen molar-refractivity contribution in [1.82, 2.24) is 14.9 Å². The predicted octanol–water partition coefficient (Wildman–Crippen LogP) is 6.16. The quantitative estimate of drug-likeness (QED) is 0.223. The van der Waals surface area contributed by atoms with Gasteiger partial charge in [0.15, 0.2) is 5.11 Å². The number of nitrogens with zero attached hydrogens (tertiary/aromatic N) is 3. The highest BCUT2D eigenvalue weighted by molar-refractivity contribution is 7.80. The number of hydrogen-bond acceptors (Lipinski definition) is 5. The molecule has 4 aromatic rings. The van der Waals surface area contributed by atoms with Gasteiger partial charge in [0.1, 0.15) is 11.8 Å². The van der Waals surface area contributed by atoms with E-state index in [1.165, 1.54) is 20.0 Å². The van der Waals surface area contributed by atoms with Crippen LogP contribution in [0.3, 0.4) is 0 Å². The van der Waals surface area contributed by atoms with E-state index in [0.717, 1.165) is 41.4 Å². The van der Waals surface area contributed by atoms with E-state index >= 15 is 0 Å². The maximum Gasteiger partial charge on any atom is 0.337 e. The summed E-state index contributed by atoms with van der Waals surface area (Å²) in [6.07, 6.45) is 8.79. The third-order valence-electron chi connectivity index (χ3n) is 7.45. The average Bonchev–Trinajstić information content (AvgIpc) is 3.74. The average molecular weight is 539 g/mol. The fourth-order valence-corrected chi connectivity index (χ4v) is 5.93. The summed E-state index contributed by atoms with van der Waals surface area (Å²) in [6, 6.07) is 25.2. The van der Waals surface area contributed by atoms with Crippen molar-refractivity contribution in [3.8, 4) is 11.4 Å². The Morgan fingerprint density at radius 3 is 2.54 bits per heavy atom. The number of pyridine rings is 1. The second kappa shape index (κ2) is 10.9. The zero-order valence-electron chi connectivity index (χ0n) is 21.7. The molecule has 2 fully saturated rings. The molecule has 1 N–H and O–H groups in total. The fraction of sp³-hybridized carbons (Fsp3) is 0.258. The highest BCUT2D eigenvalue weighted by Gasteiger charge is 2.42. The molecule has 1 saturated heterocycles. The first-order valence-corrected chi connectivity index (χ1v) is 13.7. The SMILES string of the molecule is COC(=O)c1cccc(-n2cccc2[C@@H]2[C@@H](c3ccccn3)NC(=S)N2c2ccc(OC3CCCC3)cc2)c1. The van der Waals surface area contributed by atoms with Crippen LogP contribution in [-0.4, -0.2) is 33.8 Å². The normalized spacial score (nSPS) is 19.2. The number of nitrogens with one attached hydrogen (secondary N) is 1. The predicted molar refractivity (Wildman–Crippen MR) is 154 cm³/mol. The molecule has 6 rings (SSSR count). The molecule has 0 bridgehead atoms. The maximum atomic E-state index is 12.2. The molecular formula is C31H30N4O3S. The van der Waals surface area contributed by atoms with Crippen LogP contribution in [0.15, 0.2) is 91.3 Å². The Labute approximate surface area is 233 Å². The zero-order chi connectivity index (χ0) is 26.8. The van der Waals surface area contributed by atoms with Crippen molar-refractivity contribution in [3.63, 3.8) is 0 Å². The van der Waals surface area contributed by atoms with E-state index < -0.39 is 0 Å². The Balaban J connectivity index is 1.40. The van der Waals surface area contributed by atoms with Crippen molar-refractivity contribution in [1.29, 1.82) is 0 Å². The lowest BCUT2D eigenvalue weighted by Crippen LogP contribution is -2.30. The number of esters is 1. The van der Waals surface area contributed by atoms with E-state index in [1.54, 1.807) is 12.3 Å². The molecule has 3 heterocycles. The van der Waals surface area contributed by atoms with Crippen molar-refractivity contribution in [2.24, 2.45) is 0 Å². The summed E-state index contributed by atoms with van der Waals surface area (Å²) in [6.45, 7) is 0.